The number of benzene rings is 1. The van der Waals surface area contributed by atoms with Crippen LogP contribution in [0.15, 0.2) is 48.7 Å². The summed E-state index contributed by atoms with van der Waals surface area (Å²) in [6, 6.07) is 8.66. The fourth-order valence-electron chi connectivity index (χ4n) is 6.04. The van der Waals surface area contributed by atoms with Gasteiger partial charge in [0.2, 0.25) is 5.91 Å². The minimum Gasteiger partial charge on any atom is -0.462 e. The number of rotatable bonds is 3. The predicted molar refractivity (Wildman–Crippen MR) is 124 cm³/mol. The van der Waals surface area contributed by atoms with E-state index in [0.717, 1.165) is 25.0 Å². The molecule has 0 spiro atoms. The van der Waals surface area contributed by atoms with Gasteiger partial charge in [-0.2, -0.15) is 13.2 Å². The third kappa shape index (κ3) is 4.70. The molecule has 2 aromatic rings. The van der Waals surface area contributed by atoms with Gasteiger partial charge >= 0.3 is 12.1 Å². The average Bonchev–Trinajstić information content (AvgIpc) is 2.98. The first-order valence-corrected chi connectivity index (χ1v) is 12.0. The standard InChI is InChI=1S/C27H27F3N2O3/c1-15-25-21(20-6-3-7-24(33)32-23(20)13-22(25)26(34)35-15)11-10-19-9-8-17(14-31-19)16-4-2-5-18(12-16)27(28,29)30/h2,4-5,8-12,14-15,20-23,25H,3,6-7,13H2,1H3,(H,32,33)/b11-10+/t15-,20?,21+,22?,23?,25?/m1/s1. The second kappa shape index (κ2) is 9.13. The third-order valence-electron chi connectivity index (χ3n) is 7.66. The number of ether oxygens (including phenoxy) is 1. The number of allylic oxidation sites excluding steroid dienone is 1. The van der Waals surface area contributed by atoms with Crippen molar-refractivity contribution in [2.75, 3.05) is 0 Å². The largest absolute Gasteiger partial charge is 0.462 e. The summed E-state index contributed by atoms with van der Waals surface area (Å²) < 4.78 is 44.7. The van der Waals surface area contributed by atoms with Crippen molar-refractivity contribution in [2.24, 2.45) is 23.7 Å². The van der Waals surface area contributed by atoms with Crippen LogP contribution in [0, 0.1) is 23.7 Å². The van der Waals surface area contributed by atoms with E-state index in [1.54, 1.807) is 24.4 Å². The number of aromatic nitrogens is 1. The van der Waals surface area contributed by atoms with Gasteiger partial charge in [-0.05, 0) is 67.9 Å². The molecule has 35 heavy (non-hydrogen) atoms. The molecular formula is C27H27F3N2O3. The number of carbonyl (C=O) groups excluding carboxylic acids is 2. The van der Waals surface area contributed by atoms with E-state index in [-0.39, 0.29) is 47.7 Å². The summed E-state index contributed by atoms with van der Waals surface area (Å²) >= 11 is 0. The first-order valence-electron chi connectivity index (χ1n) is 12.0. The maximum atomic E-state index is 13.1. The van der Waals surface area contributed by atoms with E-state index >= 15 is 0 Å². The molecule has 1 N–H and O–H groups in total. The third-order valence-corrected chi connectivity index (χ3v) is 7.66. The topological polar surface area (TPSA) is 68.3 Å². The lowest BCUT2D eigenvalue weighted by Crippen LogP contribution is -2.50. The summed E-state index contributed by atoms with van der Waals surface area (Å²) in [7, 11) is 0. The van der Waals surface area contributed by atoms with E-state index in [1.807, 2.05) is 13.0 Å². The summed E-state index contributed by atoms with van der Waals surface area (Å²) in [6.07, 6.45) is 3.76. The van der Waals surface area contributed by atoms with Crippen molar-refractivity contribution >= 4 is 18.0 Å². The maximum absolute atomic E-state index is 13.1. The zero-order valence-electron chi connectivity index (χ0n) is 19.3. The van der Waals surface area contributed by atoms with E-state index in [9.17, 15) is 22.8 Å². The van der Waals surface area contributed by atoms with Crippen LogP contribution in [0.4, 0.5) is 13.2 Å². The first kappa shape index (κ1) is 23.6. The summed E-state index contributed by atoms with van der Waals surface area (Å²) in [5, 5.41) is 3.12. The molecule has 2 aliphatic heterocycles. The molecule has 0 radical (unpaired) electrons. The van der Waals surface area contributed by atoms with Crippen molar-refractivity contribution in [3.05, 3.63) is 59.9 Å². The molecular weight excluding hydrogens is 457 g/mol. The number of hydrogen-bond acceptors (Lipinski definition) is 4. The quantitative estimate of drug-likeness (QED) is 0.604. The van der Waals surface area contributed by atoms with E-state index in [4.69, 9.17) is 4.74 Å². The van der Waals surface area contributed by atoms with Crippen LogP contribution < -0.4 is 5.32 Å². The zero-order chi connectivity index (χ0) is 24.7. The maximum Gasteiger partial charge on any atom is 0.416 e. The second-order valence-electron chi connectivity index (χ2n) is 9.78. The van der Waals surface area contributed by atoms with Crippen LogP contribution in [-0.4, -0.2) is 29.0 Å². The number of nitrogens with zero attached hydrogens (tertiary/aromatic N) is 1. The van der Waals surface area contributed by atoms with E-state index in [2.05, 4.69) is 16.4 Å². The summed E-state index contributed by atoms with van der Waals surface area (Å²) in [6.45, 7) is 1.93. The molecule has 5 rings (SSSR count). The van der Waals surface area contributed by atoms with Gasteiger partial charge in [-0.25, -0.2) is 0 Å². The number of cyclic esters (lactones) is 1. The van der Waals surface area contributed by atoms with Crippen molar-refractivity contribution < 1.29 is 27.5 Å². The SMILES string of the molecule is C[C@H]1OC(=O)C2CC3NC(=O)CCCC3[C@H](/C=C/c3ccc(-c4cccc(C(F)(F)F)c4)cn3)C21. The molecule has 2 saturated heterocycles. The van der Waals surface area contributed by atoms with Crippen LogP contribution >= 0.6 is 0 Å². The Bertz CT molecular complexity index is 1150. The van der Waals surface area contributed by atoms with Crippen LogP contribution in [0.5, 0.6) is 0 Å². The number of carbonyl (C=O) groups is 2. The highest BCUT2D eigenvalue weighted by molar-refractivity contribution is 5.78. The number of amides is 1. The number of nitrogens with one attached hydrogen (secondary N) is 1. The minimum atomic E-state index is -4.40. The highest BCUT2D eigenvalue weighted by Gasteiger charge is 2.54. The molecule has 6 atom stereocenters. The van der Waals surface area contributed by atoms with Gasteiger partial charge in [-0.3, -0.25) is 14.6 Å². The summed E-state index contributed by atoms with van der Waals surface area (Å²) in [5.74, 6) is -0.106. The Balaban J connectivity index is 1.39. The molecule has 1 amide bonds. The van der Waals surface area contributed by atoms with Gasteiger partial charge in [-0.1, -0.05) is 24.3 Å². The number of alkyl halides is 3. The Kier molecular flexibility index (Phi) is 6.15. The number of esters is 1. The lowest BCUT2D eigenvalue weighted by Gasteiger charge is -2.42. The highest BCUT2D eigenvalue weighted by Crippen LogP contribution is 2.49. The molecule has 8 heteroatoms. The van der Waals surface area contributed by atoms with Crippen LogP contribution in [0.2, 0.25) is 0 Å². The number of halogens is 3. The molecule has 4 unspecified atom stereocenters. The van der Waals surface area contributed by atoms with Crippen molar-refractivity contribution in [1.29, 1.82) is 0 Å². The number of hydrogen-bond donors (Lipinski definition) is 1. The molecule has 184 valence electrons. The van der Waals surface area contributed by atoms with Gasteiger partial charge in [0.15, 0.2) is 0 Å². The van der Waals surface area contributed by atoms with E-state index < -0.39 is 11.7 Å². The molecule has 1 aliphatic carbocycles. The van der Waals surface area contributed by atoms with Crippen LogP contribution in [0.1, 0.15) is 43.9 Å². The fourth-order valence-corrected chi connectivity index (χ4v) is 6.04. The summed E-state index contributed by atoms with van der Waals surface area (Å²) in [4.78, 5) is 29.1. The lowest BCUT2D eigenvalue weighted by atomic mass is 9.62. The number of pyridine rings is 1. The zero-order valence-corrected chi connectivity index (χ0v) is 19.3. The van der Waals surface area contributed by atoms with Gasteiger partial charge in [-0.15, -0.1) is 0 Å². The Labute approximate surface area is 201 Å². The van der Waals surface area contributed by atoms with Gasteiger partial charge in [0.05, 0.1) is 17.2 Å². The first-order chi connectivity index (χ1) is 16.7. The molecule has 3 aliphatic rings. The predicted octanol–water partition coefficient (Wildman–Crippen LogP) is 5.26. The lowest BCUT2D eigenvalue weighted by molar-refractivity contribution is -0.144. The van der Waals surface area contributed by atoms with E-state index in [1.165, 1.54) is 6.07 Å². The van der Waals surface area contributed by atoms with Gasteiger partial charge in [0, 0.05) is 30.1 Å². The normalized spacial score (nSPS) is 30.9. The van der Waals surface area contributed by atoms with E-state index in [0.29, 0.717) is 29.7 Å². The second-order valence-corrected chi connectivity index (χ2v) is 9.78. The van der Waals surface area contributed by atoms with Gasteiger partial charge in [0.1, 0.15) is 6.10 Å². The monoisotopic (exact) mass is 484 g/mol. The Morgan fingerprint density at radius 2 is 1.97 bits per heavy atom. The van der Waals surface area contributed by atoms with Gasteiger partial charge in [0.25, 0.3) is 0 Å². The Hall–Kier alpha value is -3.16. The molecule has 0 bridgehead atoms. The molecule has 3 heterocycles. The molecule has 3 fully saturated rings. The van der Waals surface area contributed by atoms with Crippen LogP contribution in [0.3, 0.4) is 0 Å². The average molecular weight is 485 g/mol. The molecule has 1 aromatic heterocycles. The highest BCUT2D eigenvalue weighted by atomic mass is 19.4. The minimum absolute atomic E-state index is 0.0324. The van der Waals surface area contributed by atoms with Crippen molar-refractivity contribution in [3.8, 4) is 11.1 Å². The van der Waals surface area contributed by atoms with Crippen LogP contribution in [-0.2, 0) is 20.5 Å². The van der Waals surface area contributed by atoms with Gasteiger partial charge < -0.3 is 10.1 Å². The molecule has 1 aromatic carbocycles. The van der Waals surface area contributed by atoms with Crippen molar-refractivity contribution in [3.63, 3.8) is 0 Å². The summed E-state index contributed by atoms with van der Waals surface area (Å²) in [5.41, 5.74) is 1.03. The van der Waals surface area contributed by atoms with Crippen molar-refractivity contribution in [2.45, 2.75) is 50.9 Å². The fraction of sp³-hybridized carbons (Fsp3) is 0.444. The number of fused-ring (bicyclic) bond motifs is 2. The Morgan fingerprint density at radius 3 is 2.71 bits per heavy atom. The molecule has 5 nitrogen and oxygen atoms in total. The Morgan fingerprint density at radius 1 is 1.14 bits per heavy atom. The van der Waals surface area contributed by atoms with Crippen molar-refractivity contribution in [1.82, 2.24) is 10.3 Å². The smallest absolute Gasteiger partial charge is 0.416 e. The molecule has 1 saturated carbocycles. The van der Waals surface area contributed by atoms with Crippen LogP contribution in [0.25, 0.3) is 17.2 Å².